The Balaban J connectivity index is 1.31. The van der Waals surface area contributed by atoms with E-state index in [0.717, 1.165) is 10.5 Å². The van der Waals surface area contributed by atoms with Crippen LogP contribution in [0.5, 0.6) is 11.5 Å². The highest BCUT2D eigenvalue weighted by atomic mass is 16.6. The quantitative estimate of drug-likeness (QED) is 0.696. The van der Waals surface area contributed by atoms with Crippen LogP contribution in [-0.4, -0.2) is 43.1 Å². The van der Waals surface area contributed by atoms with Gasteiger partial charge in [0.1, 0.15) is 18.8 Å². The van der Waals surface area contributed by atoms with Gasteiger partial charge in [-0.05, 0) is 35.7 Å². The Morgan fingerprint density at radius 2 is 1.84 bits per heavy atom. The molecule has 2 heterocycles. The molecule has 4 amide bonds. The average molecular weight is 423 g/mol. The third kappa shape index (κ3) is 4.47. The van der Waals surface area contributed by atoms with Gasteiger partial charge in [-0.1, -0.05) is 38.1 Å². The first-order valence-corrected chi connectivity index (χ1v) is 10.3. The van der Waals surface area contributed by atoms with Crippen LogP contribution in [0.15, 0.2) is 48.5 Å². The van der Waals surface area contributed by atoms with E-state index in [-0.39, 0.29) is 25.0 Å². The van der Waals surface area contributed by atoms with E-state index in [1.165, 1.54) is 0 Å². The van der Waals surface area contributed by atoms with Gasteiger partial charge in [0.15, 0.2) is 11.5 Å². The lowest BCUT2D eigenvalue weighted by Crippen LogP contribution is -2.43. The van der Waals surface area contributed by atoms with E-state index in [2.05, 4.69) is 24.5 Å². The number of hydrogen-bond donors (Lipinski definition) is 2. The first kappa shape index (κ1) is 20.7. The van der Waals surface area contributed by atoms with Crippen molar-refractivity contribution in [2.45, 2.75) is 38.3 Å². The van der Waals surface area contributed by atoms with E-state index in [0.29, 0.717) is 29.7 Å². The molecule has 1 saturated heterocycles. The Labute approximate surface area is 180 Å². The van der Waals surface area contributed by atoms with Crippen LogP contribution in [0.4, 0.5) is 10.5 Å². The lowest BCUT2D eigenvalue weighted by Gasteiger charge is -2.26. The van der Waals surface area contributed by atoms with E-state index in [1.54, 1.807) is 18.2 Å². The smallest absolute Gasteiger partial charge is 0.329 e. The summed E-state index contributed by atoms with van der Waals surface area (Å²) in [7, 11) is 0. The van der Waals surface area contributed by atoms with Crippen LogP contribution in [0.3, 0.4) is 0 Å². The maximum atomic E-state index is 12.7. The van der Waals surface area contributed by atoms with Crippen molar-refractivity contribution in [3.63, 3.8) is 0 Å². The third-order valence-electron chi connectivity index (χ3n) is 5.32. The number of fused-ring (bicyclic) bond motifs is 1. The van der Waals surface area contributed by atoms with Crippen LogP contribution in [0, 0.1) is 0 Å². The van der Waals surface area contributed by atoms with Crippen LogP contribution < -0.4 is 25.0 Å². The van der Waals surface area contributed by atoms with Gasteiger partial charge in [0.2, 0.25) is 5.91 Å². The van der Waals surface area contributed by atoms with E-state index >= 15 is 0 Å². The number of urea groups is 1. The molecule has 2 aliphatic heterocycles. The molecule has 2 atom stereocenters. The predicted molar refractivity (Wildman–Crippen MR) is 114 cm³/mol. The number of benzene rings is 2. The molecule has 0 saturated carbocycles. The summed E-state index contributed by atoms with van der Waals surface area (Å²) < 4.78 is 11.4. The summed E-state index contributed by atoms with van der Waals surface area (Å²) in [4.78, 5) is 38.5. The van der Waals surface area contributed by atoms with Gasteiger partial charge in [-0.15, -0.1) is 0 Å². The van der Waals surface area contributed by atoms with Crippen LogP contribution in [0.1, 0.15) is 31.7 Å². The number of amides is 4. The van der Waals surface area contributed by atoms with Gasteiger partial charge in [-0.25, -0.2) is 9.69 Å². The van der Waals surface area contributed by atoms with E-state index in [1.807, 2.05) is 30.3 Å². The molecule has 4 rings (SSSR count). The molecule has 2 aromatic carbocycles. The molecule has 2 aromatic rings. The van der Waals surface area contributed by atoms with Crippen molar-refractivity contribution in [2.75, 3.05) is 18.1 Å². The fraction of sp³-hybridized carbons (Fsp3) is 0.348. The largest absolute Gasteiger partial charge is 0.486 e. The summed E-state index contributed by atoms with van der Waals surface area (Å²) in [5, 5.41) is 5.35. The number of rotatable bonds is 6. The third-order valence-corrected chi connectivity index (χ3v) is 5.32. The molecule has 0 bridgehead atoms. The van der Waals surface area contributed by atoms with Crippen molar-refractivity contribution < 1.29 is 23.9 Å². The van der Waals surface area contributed by atoms with Crippen LogP contribution in [0.25, 0.3) is 0 Å². The molecule has 1 fully saturated rings. The van der Waals surface area contributed by atoms with Gasteiger partial charge in [-0.3, -0.25) is 9.59 Å². The number of anilines is 1. The first-order chi connectivity index (χ1) is 14.9. The monoisotopic (exact) mass is 423 g/mol. The number of nitrogens with one attached hydrogen (secondary N) is 2. The number of hydrogen-bond acceptors (Lipinski definition) is 5. The second kappa shape index (κ2) is 8.67. The number of para-hydroxylation sites is 2. The summed E-state index contributed by atoms with van der Waals surface area (Å²) in [6.07, 6.45) is -0.473. The molecule has 2 N–H and O–H groups in total. The van der Waals surface area contributed by atoms with Crippen LogP contribution in [-0.2, 0) is 9.59 Å². The number of ether oxygens (including phenoxy) is 2. The van der Waals surface area contributed by atoms with Gasteiger partial charge in [0.05, 0.1) is 18.7 Å². The summed E-state index contributed by atoms with van der Waals surface area (Å²) in [5.41, 5.74) is 1.60. The molecule has 0 aliphatic carbocycles. The van der Waals surface area contributed by atoms with Crippen molar-refractivity contribution in [1.29, 1.82) is 0 Å². The summed E-state index contributed by atoms with van der Waals surface area (Å²) in [5.74, 6) is 0.860. The molecule has 0 spiro atoms. The standard InChI is InChI=1S/C23H25N3O5/c1-14(2)15-7-9-16(10-8-15)26-22(28)18(25-23(26)29)11-21(27)24-12-17-13-30-19-5-3-4-6-20(19)31-17/h3-10,14,17-18H,11-13H2,1-2H3,(H,24,27)(H,25,29)/t17-,18+/m0/s1. The maximum absolute atomic E-state index is 12.7. The molecule has 8 nitrogen and oxygen atoms in total. The molecule has 0 unspecified atom stereocenters. The Hall–Kier alpha value is -3.55. The van der Waals surface area contributed by atoms with Crippen LogP contribution in [0.2, 0.25) is 0 Å². The van der Waals surface area contributed by atoms with Gasteiger partial charge < -0.3 is 20.1 Å². The Morgan fingerprint density at radius 3 is 2.55 bits per heavy atom. The van der Waals surface area contributed by atoms with E-state index < -0.39 is 18.0 Å². The Morgan fingerprint density at radius 1 is 1.13 bits per heavy atom. The molecule has 2 aliphatic rings. The zero-order valence-corrected chi connectivity index (χ0v) is 17.5. The summed E-state index contributed by atoms with van der Waals surface area (Å²) in [6.45, 7) is 4.69. The zero-order chi connectivity index (χ0) is 22.0. The minimum Gasteiger partial charge on any atom is -0.486 e. The minimum atomic E-state index is -0.901. The van der Waals surface area contributed by atoms with Gasteiger partial charge in [0.25, 0.3) is 5.91 Å². The van der Waals surface area contributed by atoms with Gasteiger partial charge >= 0.3 is 6.03 Å². The minimum absolute atomic E-state index is 0.144. The zero-order valence-electron chi connectivity index (χ0n) is 17.5. The number of nitrogens with zero attached hydrogens (tertiary/aromatic N) is 1. The predicted octanol–water partition coefficient (Wildman–Crippen LogP) is 2.58. The second-order valence-corrected chi connectivity index (χ2v) is 7.93. The van der Waals surface area contributed by atoms with E-state index in [9.17, 15) is 14.4 Å². The Kier molecular flexibility index (Phi) is 5.79. The molecule has 31 heavy (non-hydrogen) atoms. The number of carbonyl (C=O) groups is 3. The highest BCUT2D eigenvalue weighted by molar-refractivity contribution is 6.22. The van der Waals surface area contributed by atoms with Gasteiger partial charge in [-0.2, -0.15) is 0 Å². The van der Waals surface area contributed by atoms with Crippen molar-refractivity contribution in [2.24, 2.45) is 0 Å². The fourth-order valence-electron chi connectivity index (χ4n) is 3.57. The average Bonchev–Trinajstić information content (AvgIpc) is 3.04. The highest BCUT2D eigenvalue weighted by Crippen LogP contribution is 2.30. The number of carbonyl (C=O) groups excluding carboxylic acids is 3. The van der Waals surface area contributed by atoms with E-state index in [4.69, 9.17) is 9.47 Å². The number of imide groups is 1. The molecular formula is C23H25N3O5. The topological polar surface area (TPSA) is 97.0 Å². The lowest BCUT2D eigenvalue weighted by atomic mass is 10.0. The fourth-order valence-corrected chi connectivity index (χ4v) is 3.57. The highest BCUT2D eigenvalue weighted by Gasteiger charge is 2.40. The maximum Gasteiger partial charge on any atom is 0.329 e. The van der Waals surface area contributed by atoms with Crippen molar-refractivity contribution >= 4 is 23.5 Å². The lowest BCUT2D eigenvalue weighted by molar-refractivity contribution is -0.125. The first-order valence-electron chi connectivity index (χ1n) is 10.3. The van der Waals surface area contributed by atoms with Crippen LogP contribution >= 0.6 is 0 Å². The summed E-state index contributed by atoms with van der Waals surface area (Å²) >= 11 is 0. The molecule has 0 radical (unpaired) electrons. The van der Waals surface area contributed by atoms with Gasteiger partial charge in [0, 0.05) is 0 Å². The van der Waals surface area contributed by atoms with Crippen molar-refractivity contribution in [1.82, 2.24) is 10.6 Å². The SMILES string of the molecule is CC(C)c1ccc(N2C(=O)N[C@H](CC(=O)NC[C@H]3COc4ccccc4O3)C2=O)cc1. The molecular weight excluding hydrogens is 398 g/mol. The summed E-state index contributed by atoms with van der Waals surface area (Å²) in [6, 6.07) is 13.2. The second-order valence-electron chi connectivity index (χ2n) is 7.93. The molecule has 8 heteroatoms. The Bertz CT molecular complexity index is 989. The van der Waals surface area contributed by atoms with Crippen molar-refractivity contribution in [3.8, 4) is 11.5 Å². The van der Waals surface area contributed by atoms with Crippen molar-refractivity contribution in [3.05, 3.63) is 54.1 Å². The molecule has 162 valence electrons. The molecule has 0 aromatic heterocycles. The normalized spacial score (nSPS) is 20.0.